The second-order valence-electron chi connectivity index (χ2n) is 4.34. The predicted molar refractivity (Wildman–Crippen MR) is 71.6 cm³/mol. The summed E-state index contributed by atoms with van der Waals surface area (Å²) in [5, 5.41) is 2.94. The number of aliphatic imine (C=N–C) groups is 1. The van der Waals surface area contributed by atoms with Crippen molar-refractivity contribution in [1.29, 1.82) is 0 Å². The first kappa shape index (κ1) is 15.4. The number of carbonyl (C=O) groups is 1. The molecule has 19 heavy (non-hydrogen) atoms. The summed E-state index contributed by atoms with van der Waals surface area (Å²) in [4.78, 5) is 17.1. The molecule has 1 aromatic carbocycles. The van der Waals surface area contributed by atoms with Crippen molar-refractivity contribution in [3.63, 3.8) is 0 Å². The van der Waals surface area contributed by atoms with Crippen molar-refractivity contribution < 1.29 is 22.1 Å². The van der Waals surface area contributed by atoms with E-state index in [2.05, 4.69) is 10.3 Å². The average Bonchev–Trinajstić information content (AvgIpc) is 2.88. The molecule has 0 radical (unpaired) electrons. The molecule has 0 fully saturated rings. The fourth-order valence-corrected chi connectivity index (χ4v) is 1.89. The highest BCUT2D eigenvalue weighted by Crippen LogP contribution is 2.06. The van der Waals surface area contributed by atoms with Gasteiger partial charge in [-0.3, -0.25) is 9.69 Å². The Hall–Kier alpha value is -1.65. The average molecular weight is 280 g/mol. The van der Waals surface area contributed by atoms with Gasteiger partial charge in [-0.25, -0.2) is 4.99 Å². The molecule has 1 heterocycles. The lowest BCUT2D eigenvalue weighted by Crippen LogP contribution is -3.05. The summed E-state index contributed by atoms with van der Waals surface area (Å²) in [6.45, 7) is 3.59. The fraction of sp³-hybridized carbons (Fsp3) is 0.286. The van der Waals surface area contributed by atoms with Crippen LogP contribution in [0.5, 0.6) is 0 Å². The van der Waals surface area contributed by atoms with E-state index < -0.39 is 0 Å². The highest BCUT2D eigenvalue weighted by atomic mass is 35.5. The van der Waals surface area contributed by atoms with Gasteiger partial charge in [0.15, 0.2) is 6.34 Å². The molecule has 2 rings (SSSR count). The molecule has 1 aliphatic rings. The van der Waals surface area contributed by atoms with E-state index in [0.717, 1.165) is 24.1 Å². The second kappa shape index (κ2) is 7.71. The zero-order chi connectivity index (χ0) is 12.8. The highest BCUT2D eigenvalue weighted by molar-refractivity contribution is 5.95. The Morgan fingerprint density at radius 1 is 1.37 bits per heavy atom. The first-order chi connectivity index (χ1) is 8.77. The summed E-state index contributed by atoms with van der Waals surface area (Å²) in [7, 11) is 0. The van der Waals surface area contributed by atoms with Crippen LogP contribution in [0.1, 0.15) is 22.3 Å². The number of aryl methyl sites for hydroxylation is 1. The van der Waals surface area contributed by atoms with Crippen molar-refractivity contribution in [2.75, 3.05) is 13.1 Å². The van der Waals surface area contributed by atoms with Gasteiger partial charge >= 0.3 is 0 Å². The van der Waals surface area contributed by atoms with Gasteiger partial charge in [-0.15, -0.1) is 0 Å². The smallest absolute Gasteiger partial charge is 0.251 e. The number of hydrogen-bond donors (Lipinski definition) is 2. The molecule has 0 saturated heterocycles. The summed E-state index contributed by atoms with van der Waals surface area (Å²) in [5.74, 6) is 0.00808. The third-order valence-electron chi connectivity index (χ3n) is 2.93. The molecule has 0 aliphatic carbocycles. The normalized spacial score (nSPS) is 16.2. The Bertz CT molecular complexity index is 473. The number of quaternary nitrogens is 1. The van der Waals surface area contributed by atoms with Crippen LogP contribution < -0.4 is 22.6 Å². The van der Waals surface area contributed by atoms with Crippen LogP contribution in [-0.4, -0.2) is 25.3 Å². The van der Waals surface area contributed by atoms with Gasteiger partial charge < -0.3 is 17.7 Å². The van der Waals surface area contributed by atoms with E-state index in [4.69, 9.17) is 0 Å². The van der Waals surface area contributed by atoms with Gasteiger partial charge in [0.25, 0.3) is 5.91 Å². The number of rotatable bonds is 5. The van der Waals surface area contributed by atoms with Crippen LogP contribution in [0.3, 0.4) is 0 Å². The Labute approximate surface area is 119 Å². The van der Waals surface area contributed by atoms with Crippen LogP contribution in [0.25, 0.3) is 0 Å². The molecule has 0 saturated carbocycles. The topological polar surface area (TPSA) is 45.9 Å². The monoisotopic (exact) mass is 279 g/mol. The number of amides is 1. The van der Waals surface area contributed by atoms with E-state index in [0.29, 0.717) is 6.54 Å². The number of carbonyl (C=O) groups excluding carboxylic acids is 1. The minimum absolute atomic E-state index is 0. The quantitative estimate of drug-likeness (QED) is 0.576. The van der Waals surface area contributed by atoms with Gasteiger partial charge in [0.1, 0.15) is 6.20 Å². The molecule has 1 unspecified atom stereocenters. The first-order valence-corrected chi connectivity index (χ1v) is 6.17. The number of hydrogen-bond acceptors (Lipinski definition) is 2. The molecule has 1 atom stereocenters. The van der Waals surface area contributed by atoms with Crippen LogP contribution >= 0.6 is 0 Å². The number of nitrogens with zero attached hydrogens (tertiary/aromatic N) is 1. The predicted octanol–water partition coefficient (Wildman–Crippen LogP) is -2.48. The molecule has 1 aliphatic heterocycles. The summed E-state index contributed by atoms with van der Waals surface area (Å²) < 4.78 is 0. The van der Waals surface area contributed by atoms with E-state index >= 15 is 0 Å². The SMILES string of the molecule is Cc1ccccc1C(=O)NCCC[NH+]1C=CN=C1.[Cl-]. The number of benzene rings is 1. The van der Waals surface area contributed by atoms with Crippen LogP contribution in [0.4, 0.5) is 0 Å². The van der Waals surface area contributed by atoms with Gasteiger partial charge in [0.2, 0.25) is 0 Å². The summed E-state index contributed by atoms with van der Waals surface area (Å²) in [5.41, 5.74) is 1.77. The van der Waals surface area contributed by atoms with Crippen molar-refractivity contribution >= 4 is 12.2 Å². The first-order valence-electron chi connectivity index (χ1n) is 6.17. The maximum Gasteiger partial charge on any atom is 0.251 e. The Balaban J connectivity index is 0.00000180. The maximum atomic E-state index is 11.9. The van der Waals surface area contributed by atoms with Gasteiger partial charge in [0, 0.05) is 18.5 Å². The molecule has 2 N–H and O–H groups in total. The van der Waals surface area contributed by atoms with Gasteiger partial charge in [0.05, 0.1) is 12.7 Å². The molecule has 4 nitrogen and oxygen atoms in total. The van der Waals surface area contributed by atoms with Crippen molar-refractivity contribution in [1.82, 2.24) is 5.32 Å². The zero-order valence-corrected chi connectivity index (χ0v) is 11.7. The summed E-state index contributed by atoms with van der Waals surface area (Å²) in [6.07, 6.45) is 6.59. The van der Waals surface area contributed by atoms with Crippen molar-refractivity contribution in [3.8, 4) is 0 Å². The molecule has 0 bridgehead atoms. The molecule has 1 aromatic rings. The minimum Gasteiger partial charge on any atom is -1.00 e. The van der Waals surface area contributed by atoms with Crippen molar-refractivity contribution in [3.05, 3.63) is 47.8 Å². The molecular weight excluding hydrogens is 262 g/mol. The molecule has 102 valence electrons. The summed E-state index contributed by atoms with van der Waals surface area (Å²) >= 11 is 0. The van der Waals surface area contributed by atoms with Crippen LogP contribution in [0.2, 0.25) is 0 Å². The zero-order valence-electron chi connectivity index (χ0n) is 10.9. The van der Waals surface area contributed by atoms with E-state index in [1.54, 1.807) is 6.20 Å². The van der Waals surface area contributed by atoms with Gasteiger partial charge in [-0.2, -0.15) is 0 Å². The number of halogens is 1. The van der Waals surface area contributed by atoms with Crippen LogP contribution in [0.15, 0.2) is 41.7 Å². The van der Waals surface area contributed by atoms with Crippen LogP contribution in [0, 0.1) is 6.92 Å². The van der Waals surface area contributed by atoms with E-state index in [1.165, 1.54) is 4.90 Å². The van der Waals surface area contributed by atoms with Crippen molar-refractivity contribution in [2.24, 2.45) is 4.99 Å². The maximum absolute atomic E-state index is 11.9. The van der Waals surface area contributed by atoms with Gasteiger partial charge in [-0.1, -0.05) is 18.2 Å². The lowest BCUT2D eigenvalue weighted by Gasteiger charge is -2.08. The number of nitrogens with one attached hydrogen (secondary N) is 2. The lowest BCUT2D eigenvalue weighted by molar-refractivity contribution is -0.736. The third kappa shape index (κ3) is 4.50. The Morgan fingerprint density at radius 2 is 2.16 bits per heavy atom. The van der Waals surface area contributed by atoms with E-state index in [1.807, 2.05) is 43.7 Å². The largest absolute Gasteiger partial charge is 1.00 e. The Morgan fingerprint density at radius 3 is 2.84 bits per heavy atom. The molecule has 5 heteroatoms. The highest BCUT2D eigenvalue weighted by Gasteiger charge is 2.08. The van der Waals surface area contributed by atoms with Crippen molar-refractivity contribution in [2.45, 2.75) is 13.3 Å². The Kier molecular flexibility index (Phi) is 6.25. The van der Waals surface area contributed by atoms with E-state index in [-0.39, 0.29) is 18.3 Å². The molecule has 1 amide bonds. The van der Waals surface area contributed by atoms with E-state index in [9.17, 15) is 4.79 Å². The molecule has 0 spiro atoms. The molecular formula is C14H18ClN3O. The minimum atomic E-state index is 0. The van der Waals surface area contributed by atoms with Crippen LogP contribution in [-0.2, 0) is 0 Å². The third-order valence-corrected chi connectivity index (χ3v) is 2.93. The van der Waals surface area contributed by atoms with Gasteiger partial charge in [-0.05, 0) is 18.6 Å². The summed E-state index contributed by atoms with van der Waals surface area (Å²) in [6, 6.07) is 7.63. The lowest BCUT2D eigenvalue weighted by atomic mass is 10.1. The molecule has 0 aromatic heterocycles. The second-order valence-corrected chi connectivity index (χ2v) is 4.34. The standard InChI is InChI=1S/C14H17N3O.ClH/c1-12-5-2-3-6-13(12)14(18)16-7-4-9-17-10-8-15-11-17;/h2-3,5-6,8,10-11H,4,7,9H2,1H3,(H,16,18);1H. The fourth-order valence-electron chi connectivity index (χ4n) is 1.89.